The van der Waals surface area contributed by atoms with Gasteiger partial charge in [0.05, 0.1) is 23.4 Å². The van der Waals surface area contributed by atoms with Gasteiger partial charge in [-0.3, -0.25) is 14.3 Å². The van der Waals surface area contributed by atoms with Crippen molar-refractivity contribution in [1.82, 2.24) is 9.78 Å². The number of halogens is 1. The lowest BCUT2D eigenvalue weighted by Gasteiger charge is -2.12. The topological polar surface area (TPSA) is 76.0 Å². The lowest BCUT2D eigenvalue weighted by atomic mass is 10.1. The number of benzene rings is 2. The summed E-state index contributed by atoms with van der Waals surface area (Å²) in [6.45, 7) is 8.98. The van der Waals surface area contributed by atoms with E-state index >= 15 is 0 Å². The number of hydrogen-bond acceptors (Lipinski definition) is 3. The molecule has 2 aromatic carbocycles. The monoisotopic (exact) mass is 438 g/mol. The molecule has 0 saturated heterocycles. The average Bonchev–Trinajstić information content (AvgIpc) is 2.97. The predicted octanol–water partition coefficient (Wildman–Crippen LogP) is 5.24. The molecule has 0 saturated carbocycles. The number of nitrogens with zero attached hydrogens (tertiary/aromatic N) is 2. The molecule has 0 unspecified atom stereocenters. The van der Waals surface area contributed by atoms with Crippen molar-refractivity contribution in [1.29, 1.82) is 0 Å². The molecule has 7 heteroatoms. The van der Waals surface area contributed by atoms with Gasteiger partial charge < -0.3 is 10.6 Å². The number of carbonyl (C=O) groups is 2. The largest absolute Gasteiger partial charge is 0.325 e. The first kappa shape index (κ1) is 22.6. The van der Waals surface area contributed by atoms with Gasteiger partial charge in [0.1, 0.15) is 0 Å². The smallest absolute Gasteiger partial charge is 0.257 e. The second-order valence-electron chi connectivity index (χ2n) is 7.96. The van der Waals surface area contributed by atoms with E-state index in [1.54, 1.807) is 48.5 Å². The molecule has 0 fully saturated rings. The maximum Gasteiger partial charge on any atom is 0.257 e. The highest BCUT2D eigenvalue weighted by Crippen LogP contribution is 2.20. The molecule has 0 bridgehead atoms. The first-order valence-corrected chi connectivity index (χ1v) is 10.6. The van der Waals surface area contributed by atoms with Gasteiger partial charge in [0.15, 0.2) is 0 Å². The van der Waals surface area contributed by atoms with E-state index in [9.17, 15) is 9.59 Å². The quantitative estimate of drug-likeness (QED) is 0.529. The Labute approximate surface area is 187 Å². The van der Waals surface area contributed by atoms with Crippen LogP contribution in [0.3, 0.4) is 0 Å². The van der Waals surface area contributed by atoms with Crippen LogP contribution in [-0.4, -0.2) is 21.6 Å². The molecule has 0 atom stereocenters. The van der Waals surface area contributed by atoms with Crippen molar-refractivity contribution in [2.45, 2.75) is 40.7 Å². The van der Waals surface area contributed by atoms with E-state index in [0.717, 1.165) is 23.5 Å². The van der Waals surface area contributed by atoms with Crippen molar-refractivity contribution in [3.05, 3.63) is 76.1 Å². The van der Waals surface area contributed by atoms with E-state index < -0.39 is 0 Å². The second kappa shape index (κ2) is 9.79. The highest BCUT2D eigenvalue weighted by molar-refractivity contribution is 6.30. The van der Waals surface area contributed by atoms with Gasteiger partial charge in [-0.1, -0.05) is 37.6 Å². The van der Waals surface area contributed by atoms with Gasteiger partial charge in [0.2, 0.25) is 5.91 Å². The molecule has 31 heavy (non-hydrogen) atoms. The molecule has 0 aliphatic rings. The minimum Gasteiger partial charge on any atom is -0.325 e. The van der Waals surface area contributed by atoms with Crippen molar-refractivity contribution in [2.75, 3.05) is 10.6 Å². The number of amides is 2. The summed E-state index contributed by atoms with van der Waals surface area (Å²) in [4.78, 5) is 25.6. The molecule has 0 radical (unpaired) electrons. The first-order valence-electron chi connectivity index (χ1n) is 10.2. The standard InChI is InChI=1S/C24H27ClN4O2/c1-15(2)14-29-17(4)21(16(3)28-29)13-23(30)27-22-8-6-5-7-20(22)24(31)26-19-11-9-18(25)10-12-19/h5-12,15H,13-14H2,1-4H3,(H,26,31)(H,27,30). The zero-order valence-electron chi connectivity index (χ0n) is 18.2. The first-order chi connectivity index (χ1) is 14.7. The number of carbonyl (C=O) groups excluding carboxylic acids is 2. The van der Waals surface area contributed by atoms with Gasteiger partial charge in [0, 0.05) is 28.5 Å². The van der Waals surface area contributed by atoms with Crippen LogP contribution >= 0.6 is 11.6 Å². The molecule has 3 rings (SSSR count). The van der Waals surface area contributed by atoms with Gasteiger partial charge in [0.25, 0.3) is 5.91 Å². The lowest BCUT2D eigenvalue weighted by Crippen LogP contribution is -2.20. The van der Waals surface area contributed by atoms with Gasteiger partial charge >= 0.3 is 0 Å². The third-order valence-electron chi connectivity index (χ3n) is 4.95. The Morgan fingerprint density at radius 1 is 1.03 bits per heavy atom. The summed E-state index contributed by atoms with van der Waals surface area (Å²) in [5.41, 5.74) is 4.23. The van der Waals surface area contributed by atoms with E-state index in [-0.39, 0.29) is 18.2 Å². The zero-order valence-corrected chi connectivity index (χ0v) is 19.0. The van der Waals surface area contributed by atoms with Gasteiger partial charge in [-0.15, -0.1) is 0 Å². The minimum absolute atomic E-state index is 0.193. The van der Waals surface area contributed by atoms with Crippen LogP contribution in [0.5, 0.6) is 0 Å². The minimum atomic E-state index is -0.310. The summed E-state index contributed by atoms with van der Waals surface area (Å²) < 4.78 is 1.95. The van der Waals surface area contributed by atoms with Crippen LogP contribution in [-0.2, 0) is 17.8 Å². The molecule has 0 aliphatic carbocycles. The Bertz CT molecular complexity index is 1090. The molecule has 2 N–H and O–H groups in total. The van der Waals surface area contributed by atoms with Crippen LogP contribution in [0.2, 0.25) is 5.02 Å². The van der Waals surface area contributed by atoms with E-state index in [1.165, 1.54) is 0 Å². The molecular formula is C24H27ClN4O2. The highest BCUT2D eigenvalue weighted by atomic mass is 35.5. The molecule has 162 valence electrons. The van der Waals surface area contributed by atoms with Crippen LogP contribution < -0.4 is 10.6 Å². The van der Waals surface area contributed by atoms with Crippen molar-refractivity contribution >= 4 is 34.8 Å². The average molecular weight is 439 g/mol. The Kier molecular flexibility index (Phi) is 7.13. The summed E-state index contributed by atoms with van der Waals surface area (Å²) in [6, 6.07) is 13.8. The number of aromatic nitrogens is 2. The third-order valence-corrected chi connectivity index (χ3v) is 5.21. The maximum absolute atomic E-state index is 12.8. The fourth-order valence-corrected chi connectivity index (χ4v) is 3.52. The number of aryl methyl sites for hydroxylation is 1. The third kappa shape index (κ3) is 5.73. The molecule has 0 aliphatic heterocycles. The van der Waals surface area contributed by atoms with Crippen molar-refractivity contribution < 1.29 is 9.59 Å². The highest BCUT2D eigenvalue weighted by Gasteiger charge is 2.18. The summed E-state index contributed by atoms with van der Waals surface area (Å²) in [5.74, 6) is -0.0388. The molecule has 2 amide bonds. The van der Waals surface area contributed by atoms with Crippen LogP contribution in [0.1, 0.15) is 41.2 Å². The van der Waals surface area contributed by atoms with Gasteiger partial charge in [-0.05, 0) is 56.2 Å². The van der Waals surface area contributed by atoms with Crippen LogP contribution in [0.4, 0.5) is 11.4 Å². The Morgan fingerprint density at radius 2 is 1.71 bits per heavy atom. The number of para-hydroxylation sites is 1. The summed E-state index contributed by atoms with van der Waals surface area (Å²) >= 11 is 5.90. The van der Waals surface area contributed by atoms with E-state index in [1.807, 2.05) is 18.5 Å². The molecule has 0 spiro atoms. The number of rotatable bonds is 7. The second-order valence-corrected chi connectivity index (χ2v) is 8.39. The SMILES string of the molecule is Cc1nn(CC(C)C)c(C)c1CC(=O)Nc1ccccc1C(=O)Nc1ccc(Cl)cc1. The maximum atomic E-state index is 12.8. The fraction of sp³-hybridized carbons (Fsp3) is 0.292. The molecule has 1 heterocycles. The van der Waals surface area contributed by atoms with Crippen molar-refractivity contribution in [3.63, 3.8) is 0 Å². The Balaban J connectivity index is 1.73. The number of hydrogen-bond donors (Lipinski definition) is 2. The lowest BCUT2D eigenvalue weighted by molar-refractivity contribution is -0.115. The number of anilines is 2. The van der Waals surface area contributed by atoms with Gasteiger partial charge in [-0.25, -0.2) is 0 Å². The molecule has 6 nitrogen and oxygen atoms in total. The fourth-order valence-electron chi connectivity index (χ4n) is 3.39. The molecular weight excluding hydrogens is 412 g/mol. The van der Waals surface area contributed by atoms with E-state index in [2.05, 4.69) is 29.6 Å². The predicted molar refractivity (Wildman–Crippen MR) is 125 cm³/mol. The van der Waals surface area contributed by atoms with Crippen LogP contribution in [0.25, 0.3) is 0 Å². The van der Waals surface area contributed by atoms with Crippen molar-refractivity contribution in [3.8, 4) is 0 Å². The van der Waals surface area contributed by atoms with E-state index in [0.29, 0.717) is 27.9 Å². The summed E-state index contributed by atoms with van der Waals surface area (Å²) in [5, 5.41) is 10.9. The van der Waals surface area contributed by atoms with Gasteiger partial charge in [-0.2, -0.15) is 5.10 Å². The summed E-state index contributed by atoms with van der Waals surface area (Å²) in [7, 11) is 0. The van der Waals surface area contributed by atoms with Crippen LogP contribution in [0.15, 0.2) is 48.5 Å². The zero-order chi connectivity index (χ0) is 22.5. The van der Waals surface area contributed by atoms with E-state index in [4.69, 9.17) is 11.6 Å². The summed E-state index contributed by atoms with van der Waals surface area (Å²) in [6.07, 6.45) is 0.197. The molecule has 1 aromatic heterocycles. The van der Waals surface area contributed by atoms with Crippen molar-refractivity contribution in [2.24, 2.45) is 5.92 Å². The number of nitrogens with one attached hydrogen (secondary N) is 2. The molecule has 3 aromatic rings. The Hall–Kier alpha value is -3.12. The Morgan fingerprint density at radius 3 is 2.39 bits per heavy atom. The van der Waals surface area contributed by atoms with Crippen LogP contribution in [0, 0.1) is 19.8 Å². The normalized spacial score (nSPS) is 10.9.